The average Bonchev–Trinajstić information content (AvgIpc) is 2.74. The molecule has 0 spiro atoms. The summed E-state index contributed by atoms with van der Waals surface area (Å²) >= 11 is 0. The van der Waals surface area contributed by atoms with Crippen LogP contribution in [0.4, 0.5) is 0 Å². The van der Waals surface area contributed by atoms with Gasteiger partial charge in [-0.15, -0.1) is 0 Å². The molecule has 2 rings (SSSR count). The topological polar surface area (TPSA) is 71.5 Å². The number of amides is 1. The summed E-state index contributed by atoms with van der Waals surface area (Å²) in [5.74, 6) is 6.41. The van der Waals surface area contributed by atoms with Crippen molar-refractivity contribution in [2.45, 2.75) is 46.6 Å². The van der Waals surface area contributed by atoms with Gasteiger partial charge in [0, 0.05) is 0 Å². The maximum Gasteiger partial charge on any atom is 0.268 e. The minimum atomic E-state index is -0.311. The van der Waals surface area contributed by atoms with Crippen molar-refractivity contribution in [3.05, 3.63) is 23.7 Å². The lowest BCUT2D eigenvalue weighted by Crippen LogP contribution is -2.29. The Morgan fingerprint density at radius 3 is 2.86 bits per heavy atom. The molecule has 1 aliphatic rings. The van der Waals surface area contributed by atoms with E-state index in [1.54, 1.807) is 6.07 Å². The Hall–Kier alpha value is -1.33. The molecule has 1 atom stereocenters. The van der Waals surface area contributed by atoms with Gasteiger partial charge in [0.25, 0.3) is 5.91 Å². The molecule has 21 heavy (non-hydrogen) atoms. The van der Waals surface area contributed by atoms with E-state index in [0.717, 1.165) is 31.3 Å². The van der Waals surface area contributed by atoms with Crippen LogP contribution in [-0.4, -0.2) is 23.9 Å². The van der Waals surface area contributed by atoms with E-state index in [1.807, 2.05) is 0 Å². The molecule has 0 aromatic carbocycles. The largest absolute Gasteiger partial charge is 0.467 e. The molecule has 1 aromatic heterocycles. The first kappa shape index (κ1) is 16.0. The molecule has 0 bridgehead atoms. The van der Waals surface area contributed by atoms with Gasteiger partial charge in [-0.1, -0.05) is 20.8 Å². The van der Waals surface area contributed by atoms with Crippen LogP contribution in [0.5, 0.6) is 0 Å². The van der Waals surface area contributed by atoms with E-state index >= 15 is 0 Å². The zero-order chi connectivity index (χ0) is 15.5. The number of hydrazine groups is 1. The quantitative estimate of drug-likeness (QED) is 0.510. The monoisotopic (exact) mass is 293 g/mol. The summed E-state index contributed by atoms with van der Waals surface area (Å²) in [6.45, 7) is 9.92. The Morgan fingerprint density at radius 2 is 2.19 bits per heavy atom. The summed E-state index contributed by atoms with van der Waals surface area (Å²) in [6, 6.07) is 1.77. The zero-order valence-electron chi connectivity index (χ0n) is 13.3. The van der Waals surface area contributed by atoms with E-state index in [9.17, 15) is 4.79 Å². The molecule has 1 aromatic rings. The van der Waals surface area contributed by atoms with Crippen LogP contribution in [0.25, 0.3) is 0 Å². The highest BCUT2D eigenvalue weighted by molar-refractivity contribution is 5.93. The van der Waals surface area contributed by atoms with Crippen molar-refractivity contribution in [1.82, 2.24) is 10.3 Å². The number of nitrogens with two attached hydrogens (primary N) is 1. The van der Waals surface area contributed by atoms with Crippen LogP contribution in [0.3, 0.4) is 0 Å². The maximum atomic E-state index is 11.4. The van der Waals surface area contributed by atoms with Crippen molar-refractivity contribution in [1.29, 1.82) is 0 Å². The van der Waals surface area contributed by atoms with E-state index < -0.39 is 0 Å². The highest BCUT2D eigenvalue weighted by Gasteiger charge is 2.27. The number of nitrogens with one attached hydrogen (secondary N) is 1. The third-order valence-electron chi connectivity index (χ3n) is 4.47. The molecular formula is C16H27N3O2. The van der Waals surface area contributed by atoms with E-state index in [0.29, 0.717) is 11.0 Å². The van der Waals surface area contributed by atoms with Crippen molar-refractivity contribution < 1.29 is 9.21 Å². The van der Waals surface area contributed by atoms with Gasteiger partial charge in [0.05, 0.1) is 12.1 Å². The van der Waals surface area contributed by atoms with Gasteiger partial charge in [0.15, 0.2) is 0 Å². The molecule has 3 N–H and O–H groups in total. The predicted molar refractivity (Wildman–Crippen MR) is 82.4 cm³/mol. The molecule has 1 amide bonds. The third kappa shape index (κ3) is 4.32. The fourth-order valence-electron chi connectivity index (χ4n) is 3.07. The highest BCUT2D eigenvalue weighted by atomic mass is 16.3. The van der Waals surface area contributed by atoms with Gasteiger partial charge in [0.2, 0.25) is 0 Å². The Morgan fingerprint density at radius 1 is 1.43 bits per heavy atom. The fraction of sp³-hybridized carbons (Fsp3) is 0.688. The van der Waals surface area contributed by atoms with Gasteiger partial charge in [-0.3, -0.25) is 15.1 Å². The first-order valence-electron chi connectivity index (χ1n) is 7.71. The SMILES string of the molecule is CC(C)(C)C1CCCN(Cc2cc(C(=O)NN)co2)CC1. The lowest BCUT2D eigenvalue weighted by Gasteiger charge is -2.29. The molecule has 0 saturated carbocycles. The summed E-state index contributed by atoms with van der Waals surface area (Å²) in [5.41, 5.74) is 2.98. The summed E-state index contributed by atoms with van der Waals surface area (Å²) in [5, 5.41) is 0. The van der Waals surface area contributed by atoms with Crippen molar-refractivity contribution in [3.8, 4) is 0 Å². The molecule has 5 nitrogen and oxygen atoms in total. The first-order valence-corrected chi connectivity index (χ1v) is 7.71. The number of carbonyl (C=O) groups is 1. The van der Waals surface area contributed by atoms with Crippen molar-refractivity contribution >= 4 is 5.91 Å². The van der Waals surface area contributed by atoms with Crippen LogP contribution in [0.15, 0.2) is 16.7 Å². The molecule has 1 saturated heterocycles. The van der Waals surface area contributed by atoms with Crippen molar-refractivity contribution in [3.63, 3.8) is 0 Å². The molecular weight excluding hydrogens is 266 g/mol. The predicted octanol–water partition coefficient (Wildman–Crippen LogP) is 2.53. The van der Waals surface area contributed by atoms with Gasteiger partial charge < -0.3 is 4.42 Å². The average molecular weight is 293 g/mol. The smallest absolute Gasteiger partial charge is 0.268 e. The number of likely N-dealkylation sites (tertiary alicyclic amines) is 1. The number of furan rings is 1. The van der Waals surface area contributed by atoms with Crippen LogP contribution < -0.4 is 11.3 Å². The van der Waals surface area contributed by atoms with Crippen LogP contribution in [0.2, 0.25) is 0 Å². The molecule has 0 radical (unpaired) electrons. The Labute approximate surface area is 126 Å². The second-order valence-corrected chi connectivity index (χ2v) is 7.05. The fourth-order valence-corrected chi connectivity index (χ4v) is 3.07. The van der Waals surface area contributed by atoms with E-state index in [-0.39, 0.29) is 5.91 Å². The minimum Gasteiger partial charge on any atom is -0.467 e. The summed E-state index contributed by atoms with van der Waals surface area (Å²) in [4.78, 5) is 13.8. The normalized spacial score (nSPS) is 21.0. The van der Waals surface area contributed by atoms with Crippen molar-refractivity contribution in [2.75, 3.05) is 13.1 Å². The van der Waals surface area contributed by atoms with Gasteiger partial charge in [0.1, 0.15) is 12.0 Å². The number of nitrogen functional groups attached to an aromatic ring is 1. The van der Waals surface area contributed by atoms with Gasteiger partial charge in [-0.05, 0) is 49.8 Å². The number of rotatable bonds is 3. The molecule has 1 aliphatic heterocycles. The second kappa shape index (κ2) is 6.62. The Kier molecular flexibility index (Phi) is 5.06. The molecule has 2 heterocycles. The third-order valence-corrected chi connectivity index (χ3v) is 4.47. The zero-order valence-corrected chi connectivity index (χ0v) is 13.3. The minimum absolute atomic E-state index is 0.311. The van der Waals surface area contributed by atoms with Crippen LogP contribution >= 0.6 is 0 Å². The van der Waals surface area contributed by atoms with Crippen LogP contribution in [-0.2, 0) is 6.54 Å². The number of carbonyl (C=O) groups excluding carboxylic acids is 1. The van der Waals surface area contributed by atoms with E-state index in [2.05, 4.69) is 31.1 Å². The Balaban J connectivity index is 1.92. The maximum absolute atomic E-state index is 11.4. The van der Waals surface area contributed by atoms with Gasteiger partial charge >= 0.3 is 0 Å². The number of hydrogen-bond acceptors (Lipinski definition) is 4. The number of hydrogen-bond donors (Lipinski definition) is 2. The molecule has 0 aliphatic carbocycles. The standard InChI is InChI=1S/C16H27N3O2/c1-16(2,3)13-5-4-7-19(8-6-13)10-14-9-12(11-21-14)15(20)18-17/h9,11,13H,4-8,10,17H2,1-3H3,(H,18,20). The summed E-state index contributed by atoms with van der Waals surface area (Å²) in [6.07, 6.45) is 5.20. The molecule has 1 unspecified atom stereocenters. The molecule has 1 fully saturated rings. The lowest BCUT2D eigenvalue weighted by molar-refractivity contribution is 0.0953. The molecule has 5 heteroatoms. The summed E-state index contributed by atoms with van der Waals surface area (Å²) in [7, 11) is 0. The van der Waals surface area contributed by atoms with Crippen molar-refractivity contribution in [2.24, 2.45) is 17.2 Å². The highest BCUT2D eigenvalue weighted by Crippen LogP contribution is 2.34. The molecule has 118 valence electrons. The van der Waals surface area contributed by atoms with Crippen LogP contribution in [0, 0.1) is 11.3 Å². The van der Waals surface area contributed by atoms with Crippen LogP contribution in [0.1, 0.15) is 56.2 Å². The van der Waals surface area contributed by atoms with Gasteiger partial charge in [-0.25, -0.2) is 5.84 Å². The van der Waals surface area contributed by atoms with E-state index in [1.165, 1.54) is 25.5 Å². The van der Waals surface area contributed by atoms with E-state index in [4.69, 9.17) is 10.3 Å². The number of nitrogens with zero attached hydrogens (tertiary/aromatic N) is 1. The second-order valence-electron chi connectivity index (χ2n) is 7.05. The summed E-state index contributed by atoms with van der Waals surface area (Å²) < 4.78 is 5.47. The van der Waals surface area contributed by atoms with Gasteiger partial charge in [-0.2, -0.15) is 0 Å². The lowest BCUT2D eigenvalue weighted by atomic mass is 9.77. The first-order chi connectivity index (χ1) is 9.90. The Bertz CT molecular complexity index is 476.